The van der Waals surface area contributed by atoms with E-state index >= 15 is 0 Å². The first kappa shape index (κ1) is 30.4. The summed E-state index contributed by atoms with van der Waals surface area (Å²) in [4.78, 5) is 16.7. The van der Waals surface area contributed by atoms with Crippen molar-refractivity contribution in [3.8, 4) is 11.5 Å². The van der Waals surface area contributed by atoms with Gasteiger partial charge >= 0.3 is 6.18 Å². The fraction of sp³-hybridized carbons (Fsp3) is 0.179. The lowest BCUT2D eigenvalue weighted by Gasteiger charge is -2.14. The second-order valence-electron chi connectivity index (χ2n) is 8.45. The number of carbonyl (C=O) groups excluding carboxylic acids is 1. The molecule has 214 valence electrons. The van der Waals surface area contributed by atoms with Crippen LogP contribution in [0.4, 0.5) is 24.0 Å². The molecule has 0 unspecified atom stereocenters. The van der Waals surface area contributed by atoms with Crippen LogP contribution in [-0.4, -0.2) is 23.7 Å². The number of rotatable bonds is 11. The molecule has 1 amide bonds. The zero-order valence-electron chi connectivity index (χ0n) is 21.5. The number of ether oxygens (including phenoxy) is 2. The van der Waals surface area contributed by atoms with Gasteiger partial charge in [0, 0.05) is 31.7 Å². The predicted molar refractivity (Wildman–Crippen MR) is 157 cm³/mol. The average molecular weight is 668 g/mol. The zero-order chi connectivity index (χ0) is 29.4. The summed E-state index contributed by atoms with van der Waals surface area (Å²) in [6.07, 6.45) is -3.06. The number of halogens is 5. The van der Waals surface area contributed by atoms with E-state index in [1.54, 1.807) is 23.6 Å². The van der Waals surface area contributed by atoms with Crippen LogP contribution in [0.15, 0.2) is 75.6 Å². The van der Waals surface area contributed by atoms with Crippen LogP contribution in [0.2, 0.25) is 5.02 Å². The van der Waals surface area contributed by atoms with Crippen molar-refractivity contribution in [2.45, 2.75) is 26.1 Å². The second-order valence-corrected chi connectivity index (χ2v) is 10.6. The third-order valence-electron chi connectivity index (χ3n) is 5.43. The molecule has 0 saturated heterocycles. The summed E-state index contributed by atoms with van der Waals surface area (Å²) in [5, 5.41) is 9.47. The number of anilines is 2. The SMILES string of the molecule is CCOc1cc(/C=N\NC(=O)Cc2csc(Nc3cccc(C(F)(F)F)c3)n2)c(Br)cc1OCc1ccccc1Cl. The van der Waals surface area contributed by atoms with E-state index in [0.717, 1.165) is 17.7 Å². The van der Waals surface area contributed by atoms with Crippen LogP contribution in [0.1, 0.15) is 29.3 Å². The first-order valence-electron chi connectivity index (χ1n) is 12.2. The summed E-state index contributed by atoms with van der Waals surface area (Å²) in [5.74, 6) is 0.592. The summed E-state index contributed by atoms with van der Waals surface area (Å²) >= 11 is 10.9. The van der Waals surface area contributed by atoms with E-state index in [1.165, 1.54) is 29.7 Å². The number of nitrogens with zero attached hydrogens (tertiary/aromatic N) is 2. The minimum Gasteiger partial charge on any atom is -0.490 e. The molecule has 2 N–H and O–H groups in total. The first-order valence-corrected chi connectivity index (χ1v) is 14.2. The van der Waals surface area contributed by atoms with Gasteiger partial charge in [0.25, 0.3) is 0 Å². The number of carbonyl (C=O) groups is 1. The predicted octanol–water partition coefficient (Wildman–Crippen LogP) is 7.99. The summed E-state index contributed by atoms with van der Waals surface area (Å²) in [7, 11) is 0. The first-order chi connectivity index (χ1) is 19.6. The molecule has 4 rings (SSSR count). The van der Waals surface area contributed by atoms with Crippen molar-refractivity contribution in [1.82, 2.24) is 10.4 Å². The molecule has 0 aliphatic carbocycles. The van der Waals surface area contributed by atoms with E-state index in [4.69, 9.17) is 21.1 Å². The van der Waals surface area contributed by atoms with Gasteiger partial charge in [0.15, 0.2) is 16.6 Å². The molecule has 4 aromatic rings. The number of hydrogen-bond donors (Lipinski definition) is 2. The van der Waals surface area contributed by atoms with E-state index in [2.05, 4.69) is 36.8 Å². The maximum absolute atomic E-state index is 12.9. The Bertz CT molecular complexity index is 1550. The Morgan fingerprint density at radius 3 is 2.66 bits per heavy atom. The van der Waals surface area contributed by atoms with Crippen molar-refractivity contribution in [2.75, 3.05) is 11.9 Å². The molecular weight excluding hydrogens is 645 g/mol. The molecule has 0 radical (unpaired) electrons. The second kappa shape index (κ2) is 13.8. The Kier molecular flexibility index (Phi) is 10.2. The van der Waals surface area contributed by atoms with Gasteiger partial charge in [-0.25, -0.2) is 10.4 Å². The maximum atomic E-state index is 12.9. The Morgan fingerprint density at radius 1 is 1.12 bits per heavy atom. The van der Waals surface area contributed by atoms with Gasteiger partial charge in [-0.3, -0.25) is 4.79 Å². The van der Waals surface area contributed by atoms with Crippen molar-refractivity contribution in [1.29, 1.82) is 0 Å². The highest BCUT2D eigenvalue weighted by Gasteiger charge is 2.30. The quantitative estimate of drug-likeness (QED) is 0.125. The van der Waals surface area contributed by atoms with Crippen molar-refractivity contribution in [2.24, 2.45) is 5.10 Å². The molecule has 0 atom stereocenters. The van der Waals surface area contributed by atoms with Crippen LogP contribution in [-0.2, 0) is 24.0 Å². The van der Waals surface area contributed by atoms with Gasteiger partial charge in [-0.15, -0.1) is 11.3 Å². The standard InChI is InChI=1S/C28H23BrClF3N4O3S/c1-2-39-24-10-18(22(29)13-25(24)40-15-17-6-3-4-9-23(17)30)14-34-37-26(38)12-21-16-41-27(36-21)35-20-8-5-7-19(11-20)28(31,32)33/h3-11,13-14,16H,2,12,15H2,1H3,(H,35,36)(H,37,38)/b34-14-. The van der Waals surface area contributed by atoms with Crippen LogP contribution in [0.3, 0.4) is 0 Å². The lowest BCUT2D eigenvalue weighted by molar-refractivity contribution is -0.137. The molecule has 0 fully saturated rings. The third-order valence-corrected chi connectivity index (χ3v) is 7.29. The molecule has 7 nitrogen and oxygen atoms in total. The molecule has 1 aromatic heterocycles. The average Bonchev–Trinajstić information content (AvgIpc) is 3.36. The Hall–Kier alpha value is -3.61. The number of benzene rings is 3. The van der Waals surface area contributed by atoms with Crippen molar-refractivity contribution >= 4 is 61.8 Å². The summed E-state index contributed by atoms with van der Waals surface area (Å²) in [5.41, 5.74) is 3.84. The Balaban J connectivity index is 1.35. The van der Waals surface area contributed by atoms with Gasteiger partial charge in [-0.05, 0) is 59.3 Å². The molecule has 3 aromatic carbocycles. The molecule has 1 heterocycles. The molecule has 0 spiro atoms. The van der Waals surface area contributed by atoms with E-state index in [0.29, 0.717) is 44.0 Å². The van der Waals surface area contributed by atoms with Crippen LogP contribution >= 0.6 is 38.9 Å². The number of nitrogens with one attached hydrogen (secondary N) is 2. The molecule has 0 aliphatic heterocycles. The largest absolute Gasteiger partial charge is 0.490 e. The molecular formula is C28H23BrClF3N4O3S. The smallest absolute Gasteiger partial charge is 0.416 e. The van der Waals surface area contributed by atoms with Gasteiger partial charge in [0.05, 0.1) is 30.5 Å². The summed E-state index contributed by atoms with van der Waals surface area (Å²) < 4.78 is 51.2. The van der Waals surface area contributed by atoms with Crippen molar-refractivity contribution in [3.05, 3.63) is 97.9 Å². The number of aromatic nitrogens is 1. The van der Waals surface area contributed by atoms with Gasteiger partial charge in [-0.1, -0.05) is 35.9 Å². The zero-order valence-corrected chi connectivity index (χ0v) is 24.6. The number of amides is 1. The van der Waals surface area contributed by atoms with Crippen LogP contribution in [0.25, 0.3) is 0 Å². The van der Waals surface area contributed by atoms with Crippen LogP contribution < -0.4 is 20.2 Å². The van der Waals surface area contributed by atoms with Crippen molar-refractivity contribution in [3.63, 3.8) is 0 Å². The number of thiazole rings is 1. The van der Waals surface area contributed by atoms with Gasteiger partial charge < -0.3 is 14.8 Å². The Labute approximate surface area is 251 Å². The van der Waals surface area contributed by atoms with E-state index in [1.807, 2.05) is 25.1 Å². The van der Waals surface area contributed by atoms with E-state index < -0.39 is 17.6 Å². The fourth-order valence-electron chi connectivity index (χ4n) is 3.52. The number of hydrazone groups is 1. The van der Waals surface area contributed by atoms with E-state index in [-0.39, 0.29) is 18.7 Å². The molecule has 0 bridgehead atoms. The van der Waals surface area contributed by atoms with Crippen molar-refractivity contribution < 1.29 is 27.4 Å². The Morgan fingerprint density at radius 2 is 1.90 bits per heavy atom. The highest BCUT2D eigenvalue weighted by molar-refractivity contribution is 9.10. The van der Waals surface area contributed by atoms with E-state index in [9.17, 15) is 18.0 Å². The highest BCUT2D eigenvalue weighted by atomic mass is 79.9. The lowest BCUT2D eigenvalue weighted by atomic mass is 10.2. The molecule has 0 saturated carbocycles. The monoisotopic (exact) mass is 666 g/mol. The minimum atomic E-state index is -4.45. The summed E-state index contributed by atoms with van der Waals surface area (Å²) in [6.45, 7) is 2.52. The molecule has 13 heteroatoms. The van der Waals surface area contributed by atoms with Gasteiger partial charge in [0.1, 0.15) is 6.61 Å². The van der Waals surface area contributed by atoms with Crippen LogP contribution in [0.5, 0.6) is 11.5 Å². The third kappa shape index (κ3) is 8.69. The minimum absolute atomic E-state index is 0.0711. The number of hydrogen-bond acceptors (Lipinski definition) is 7. The molecule has 41 heavy (non-hydrogen) atoms. The van der Waals surface area contributed by atoms with Gasteiger partial charge in [-0.2, -0.15) is 18.3 Å². The topological polar surface area (TPSA) is 84.8 Å². The highest BCUT2D eigenvalue weighted by Crippen LogP contribution is 2.34. The van der Waals surface area contributed by atoms with Crippen LogP contribution in [0, 0.1) is 0 Å². The summed E-state index contributed by atoms with van der Waals surface area (Å²) in [6, 6.07) is 15.7. The van der Waals surface area contributed by atoms with Gasteiger partial charge in [0.2, 0.25) is 5.91 Å². The normalized spacial score (nSPS) is 11.5. The number of alkyl halides is 3. The molecule has 0 aliphatic rings. The lowest BCUT2D eigenvalue weighted by Crippen LogP contribution is -2.20. The fourth-order valence-corrected chi connectivity index (χ4v) is 4.87. The maximum Gasteiger partial charge on any atom is 0.416 e.